The molecule has 0 radical (unpaired) electrons. The summed E-state index contributed by atoms with van der Waals surface area (Å²) < 4.78 is 34.4. The summed E-state index contributed by atoms with van der Waals surface area (Å²) in [5.41, 5.74) is 3.39. The van der Waals surface area contributed by atoms with E-state index in [1.165, 1.54) is 15.6 Å². The number of hydrogen-bond acceptors (Lipinski definition) is 8. The Kier molecular flexibility index (Phi) is 7.04. The third-order valence-corrected chi connectivity index (χ3v) is 10.2. The summed E-state index contributed by atoms with van der Waals surface area (Å²) in [7, 11) is -3.60. The minimum atomic E-state index is -3.60. The average molecular weight is 580 g/mol. The van der Waals surface area contributed by atoms with E-state index in [1.54, 1.807) is 45.2 Å². The Morgan fingerprint density at radius 2 is 1.74 bits per heavy atom. The number of carbonyl (C=O) groups is 1. The van der Waals surface area contributed by atoms with Gasteiger partial charge in [-0.25, -0.2) is 18.1 Å². The molecule has 0 atom stereocenters. The number of likely N-dealkylation sites (N-methyl/N-ethyl adjacent to an activating group) is 1. The van der Waals surface area contributed by atoms with Crippen LogP contribution in [0, 0.1) is 0 Å². The van der Waals surface area contributed by atoms with Gasteiger partial charge in [-0.3, -0.25) is 4.79 Å². The molecule has 4 aromatic rings. The van der Waals surface area contributed by atoms with E-state index in [9.17, 15) is 13.2 Å². The zero-order valence-electron chi connectivity index (χ0n) is 21.1. The maximum absolute atomic E-state index is 13.3. The summed E-state index contributed by atoms with van der Waals surface area (Å²) in [5, 5.41) is 8.82. The lowest BCUT2D eigenvalue weighted by Crippen LogP contribution is -2.40. The van der Waals surface area contributed by atoms with E-state index < -0.39 is 10.0 Å². The van der Waals surface area contributed by atoms with Crippen LogP contribution in [0.4, 0.5) is 11.4 Å². The normalized spacial score (nSPS) is 17.8. The van der Waals surface area contributed by atoms with Gasteiger partial charge in [-0.1, -0.05) is 24.3 Å². The summed E-state index contributed by atoms with van der Waals surface area (Å²) in [6.07, 6.45) is 0. The first-order valence-electron chi connectivity index (χ1n) is 12.4. The SMILES string of the molecule is CCN1C(=O)C(=Nn2c(-c3cccs3)csc2=Nc2ccc(S(=O)(=O)N3CCOCC3)cc2)c2ccccc21. The van der Waals surface area contributed by atoms with E-state index >= 15 is 0 Å². The summed E-state index contributed by atoms with van der Waals surface area (Å²) in [4.78, 5) is 21.6. The van der Waals surface area contributed by atoms with Crippen molar-refractivity contribution in [1.82, 2.24) is 8.98 Å². The molecule has 1 fully saturated rings. The van der Waals surface area contributed by atoms with Gasteiger partial charge in [0.1, 0.15) is 0 Å². The molecule has 12 heteroatoms. The fourth-order valence-electron chi connectivity index (χ4n) is 4.58. The van der Waals surface area contributed by atoms with Crippen LogP contribution < -0.4 is 9.70 Å². The number of fused-ring (bicyclic) bond motifs is 1. The number of ether oxygens (including phenoxy) is 1. The lowest BCUT2D eigenvalue weighted by Gasteiger charge is -2.26. The van der Waals surface area contributed by atoms with Crippen molar-refractivity contribution < 1.29 is 17.9 Å². The zero-order chi connectivity index (χ0) is 27.0. The number of thiazole rings is 1. The van der Waals surface area contributed by atoms with Crippen molar-refractivity contribution in [2.45, 2.75) is 11.8 Å². The van der Waals surface area contributed by atoms with Gasteiger partial charge in [0.15, 0.2) is 5.71 Å². The number of sulfonamides is 1. The van der Waals surface area contributed by atoms with Crippen LogP contribution in [0.2, 0.25) is 0 Å². The number of thiophene rings is 1. The Bertz CT molecular complexity index is 1720. The molecule has 1 amide bonds. The highest BCUT2D eigenvalue weighted by molar-refractivity contribution is 7.89. The first-order valence-corrected chi connectivity index (χ1v) is 15.6. The molecular formula is C27H25N5O4S3. The topological polar surface area (TPSA) is 96.6 Å². The van der Waals surface area contributed by atoms with Crippen molar-refractivity contribution >= 4 is 55.7 Å². The molecule has 0 N–H and O–H groups in total. The fourth-order valence-corrected chi connectivity index (χ4v) is 7.63. The highest BCUT2D eigenvalue weighted by Crippen LogP contribution is 2.31. The lowest BCUT2D eigenvalue weighted by molar-refractivity contribution is -0.112. The predicted octanol–water partition coefficient (Wildman–Crippen LogP) is 4.15. The Balaban J connectivity index is 1.43. The monoisotopic (exact) mass is 579 g/mol. The summed E-state index contributed by atoms with van der Waals surface area (Å²) in [6.45, 7) is 3.94. The van der Waals surface area contributed by atoms with Crippen LogP contribution >= 0.6 is 22.7 Å². The average Bonchev–Trinajstić information content (AvgIpc) is 3.69. The van der Waals surface area contributed by atoms with Gasteiger partial charge in [0, 0.05) is 30.6 Å². The van der Waals surface area contributed by atoms with E-state index in [1.807, 2.05) is 54.1 Å². The van der Waals surface area contributed by atoms with Gasteiger partial charge in [-0.2, -0.15) is 9.41 Å². The van der Waals surface area contributed by atoms with Crippen molar-refractivity contribution in [2.24, 2.45) is 10.1 Å². The second-order valence-corrected chi connectivity index (χ2v) is 12.6. The summed E-state index contributed by atoms with van der Waals surface area (Å²) in [5.74, 6) is -0.154. The number of rotatable bonds is 6. The largest absolute Gasteiger partial charge is 0.379 e. The molecule has 9 nitrogen and oxygen atoms in total. The molecule has 0 aliphatic carbocycles. The molecule has 0 bridgehead atoms. The van der Waals surface area contributed by atoms with Gasteiger partial charge in [-0.05, 0) is 48.7 Å². The van der Waals surface area contributed by atoms with Crippen molar-refractivity contribution in [3.63, 3.8) is 0 Å². The number of amides is 1. The van der Waals surface area contributed by atoms with E-state index in [4.69, 9.17) is 14.8 Å². The minimum Gasteiger partial charge on any atom is -0.379 e. The molecule has 1 saturated heterocycles. The fraction of sp³-hybridized carbons (Fsp3) is 0.222. The van der Waals surface area contributed by atoms with Gasteiger partial charge in [0.05, 0.1) is 40.1 Å². The van der Waals surface area contributed by atoms with E-state index in [0.717, 1.165) is 21.8 Å². The van der Waals surface area contributed by atoms with E-state index in [-0.39, 0.29) is 10.8 Å². The van der Waals surface area contributed by atoms with Crippen LogP contribution in [-0.4, -0.2) is 61.9 Å². The Hall–Kier alpha value is -3.42. The Morgan fingerprint density at radius 1 is 0.974 bits per heavy atom. The highest BCUT2D eigenvalue weighted by atomic mass is 32.2. The maximum atomic E-state index is 13.3. The molecule has 0 unspecified atom stereocenters. The quantitative estimate of drug-likeness (QED) is 0.343. The van der Waals surface area contributed by atoms with Crippen LogP contribution in [0.3, 0.4) is 0 Å². The van der Waals surface area contributed by atoms with Crippen LogP contribution in [0.15, 0.2) is 86.4 Å². The van der Waals surface area contributed by atoms with Gasteiger partial charge in [-0.15, -0.1) is 22.7 Å². The number of morpholine rings is 1. The highest BCUT2D eigenvalue weighted by Gasteiger charge is 2.33. The molecule has 6 rings (SSSR count). The van der Waals surface area contributed by atoms with Gasteiger partial charge >= 0.3 is 0 Å². The number of benzene rings is 2. The van der Waals surface area contributed by atoms with Gasteiger partial charge in [0.25, 0.3) is 5.91 Å². The smallest absolute Gasteiger partial charge is 0.279 e. The van der Waals surface area contributed by atoms with Crippen LogP contribution in [0.5, 0.6) is 0 Å². The first-order chi connectivity index (χ1) is 19.0. The number of nitrogens with zero attached hydrogens (tertiary/aromatic N) is 5. The second kappa shape index (κ2) is 10.6. The third kappa shape index (κ3) is 4.79. The van der Waals surface area contributed by atoms with Gasteiger partial charge < -0.3 is 9.64 Å². The summed E-state index contributed by atoms with van der Waals surface area (Å²) in [6, 6.07) is 18.1. The molecule has 2 aliphatic heterocycles. The van der Waals surface area contributed by atoms with Crippen LogP contribution in [0.25, 0.3) is 10.6 Å². The molecule has 4 heterocycles. The number of hydrogen-bond donors (Lipinski definition) is 0. The van der Waals surface area contributed by atoms with E-state index in [2.05, 4.69) is 0 Å². The zero-order valence-corrected chi connectivity index (χ0v) is 23.5. The molecule has 2 aromatic heterocycles. The molecule has 0 spiro atoms. The van der Waals surface area contributed by atoms with Crippen LogP contribution in [-0.2, 0) is 19.6 Å². The standard InChI is InChI=1S/C27H25N5O4S3/c1-2-31-22-7-4-3-6-21(22)25(26(31)33)29-32-23(24-8-5-17-37-24)18-38-27(32)28-19-9-11-20(12-10-19)39(34,35)30-13-15-36-16-14-30/h3-12,17-18H,2,13-16H2,1H3. The van der Waals surface area contributed by atoms with E-state index in [0.29, 0.717) is 49.0 Å². The summed E-state index contributed by atoms with van der Waals surface area (Å²) >= 11 is 2.98. The van der Waals surface area contributed by atoms with Crippen molar-refractivity contribution in [1.29, 1.82) is 0 Å². The molecule has 200 valence electrons. The number of carbonyl (C=O) groups excluding carboxylic acids is 1. The Labute approximate surface area is 234 Å². The Morgan fingerprint density at radius 3 is 2.46 bits per heavy atom. The van der Waals surface area contributed by atoms with Crippen molar-refractivity contribution in [2.75, 3.05) is 37.7 Å². The second-order valence-electron chi connectivity index (χ2n) is 8.83. The first kappa shape index (κ1) is 25.8. The number of aromatic nitrogens is 1. The van der Waals surface area contributed by atoms with Gasteiger partial charge in [0.2, 0.25) is 14.8 Å². The third-order valence-electron chi connectivity index (χ3n) is 6.54. The van der Waals surface area contributed by atoms with Crippen LogP contribution in [0.1, 0.15) is 12.5 Å². The maximum Gasteiger partial charge on any atom is 0.279 e. The number of anilines is 1. The van der Waals surface area contributed by atoms with Crippen molar-refractivity contribution in [3.05, 3.63) is 81.8 Å². The molecule has 2 aromatic carbocycles. The molecule has 0 saturated carbocycles. The molecule has 2 aliphatic rings. The molecular weight excluding hydrogens is 555 g/mol. The van der Waals surface area contributed by atoms with Crippen molar-refractivity contribution in [3.8, 4) is 10.6 Å². The number of para-hydroxylation sites is 1. The predicted molar refractivity (Wildman–Crippen MR) is 153 cm³/mol. The minimum absolute atomic E-state index is 0.154. The molecule has 39 heavy (non-hydrogen) atoms. The lowest BCUT2D eigenvalue weighted by atomic mass is 10.1.